The van der Waals surface area contributed by atoms with Gasteiger partial charge in [0.05, 0.1) is 5.41 Å². The fourth-order valence-electron chi connectivity index (χ4n) is 15.2. The fourth-order valence-corrected chi connectivity index (χ4v) is 15.2. The van der Waals surface area contributed by atoms with Gasteiger partial charge in [-0.1, -0.05) is 89.3 Å². The SMILES string of the molecule is C=C(C)[C@@H]1CC[C@]2(C(=O)OCc3ccccc3)CC[C@]3(C)[C@H](CC[C@@H]4[C@@]5(C)CC=C(C6=CC7(C6)CC(C(=O)O)(C(=O)O)C7)C(C)(C)[C@@H]5CC[C@]43C)[C@@H]12. The highest BCUT2D eigenvalue weighted by molar-refractivity contribution is 6.00. The van der Waals surface area contributed by atoms with Gasteiger partial charge in [0, 0.05) is 0 Å². The van der Waals surface area contributed by atoms with Crippen LogP contribution in [0.4, 0.5) is 0 Å². The van der Waals surface area contributed by atoms with Crippen molar-refractivity contribution in [2.24, 2.45) is 67.5 Å². The van der Waals surface area contributed by atoms with E-state index >= 15 is 0 Å². The van der Waals surface area contributed by atoms with Crippen LogP contribution in [0.1, 0.15) is 124 Å². The molecule has 0 radical (unpaired) electrons. The van der Waals surface area contributed by atoms with E-state index in [4.69, 9.17) is 4.74 Å². The molecule has 7 aliphatic rings. The van der Waals surface area contributed by atoms with E-state index in [9.17, 15) is 24.6 Å². The largest absolute Gasteiger partial charge is 0.480 e. The predicted molar refractivity (Wildman–Crippen MR) is 201 cm³/mol. The molecule has 9 atom stereocenters. The highest BCUT2D eigenvalue weighted by Gasteiger charge is 2.72. The topological polar surface area (TPSA) is 101 Å². The first kappa shape index (κ1) is 35.9. The molecule has 0 unspecified atom stereocenters. The van der Waals surface area contributed by atoms with Crippen LogP contribution >= 0.6 is 0 Å². The molecule has 0 aliphatic heterocycles. The molecular weight excluding hydrogens is 649 g/mol. The van der Waals surface area contributed by atoms with Crippen LogP contribution in [0.15, 0.2) is 65.8 Å². The van der Waals surface area contributed by atoms with Gasteiger partial charge in [0.15, 0.2) is 5.41 Å². The van der Waals surface area contributed by atoms with Gasteiger partial charge in [-0.05, 0) is 157 Å². The minimum absolute atomic E-state index is 0.0207. The van der Waals surface area contributed by atoms with Crippen LogP contribution in [0.25, 0.3) is 0 Å². The molecular formula is C46H60O6. The van der Waals surface area contributed by atoms with Crippen LogP contribution in [0, 0.1) is 67.5 Å². The summed E-state index contributed by atoms with van der Waals surface area (Å²) in [4.78, 5) is 38.1. The van der Waals surface area contributed by atoms with Gasteiger partial charge in [-0.3, -0.25) is 14.4 Å². The Hall–Kier alpha value is -3.15. The number of hydrogen-bond acceptors (Lipinski definition) is 4. The minimum Gasteiger partial charge on any atom is -0.480 e. The molecule has 6 nitrogen and oxygen atoms in total. The van der Waals surface area contributed by atoms with Crippen molar-refractivity contribution in [3.8, 4) is 0 Å². The molecule has 280 valence electrons. The molecule has 1 aromatic carbocycles. The smallest absolute Gasteiger partial charge is 0.321 e. The van der Waals surface area contributed by atoms with Crippen molar-refractivity contribution in [3.63, 3.8) is 0 Å². The molecule has 1 aromatic rings. The summed E-state index contributed by atoms with van der Waals surface area (Å²) in [5.41, 5.74) is 3.06. The third-order valence-electron chi connectivity index (χ3n) is 17.8. The molecule has 0 amide bonds. The maximum atomic E-state index is 14.3. The molecule has 6 heteroatoms. The summed E-state index contributed by atoms with van der Waals surface area (Å²) in [5.74, 6) is -0.193. The molecule has 5 fully saturated rings. The summed E-state index contributed by atoms with van der Waals surface area (Å²) >= 11 is 0. The summed E-state index contributed by atoms with van der Waals surface area (Å²) in [6.45, 7) is 19.8. The monoisotopic (exact) mass is 708 g/mol. The zero-order valence-electron chi connectivity index (χ0n) is 32.4. The number of aliphatic carboxylic acids is 2. The second kappa shape index (κ2) is 11.4. The van der Waals surface area contributed by atoms with Crippen LogP contribution in [-0.2, 0) is 25.7 Å². The first-order valence-electron chi connectivity index (χ1n) is 20.2. The minimum atomic E-state index is -1.63. The Morgan fingerprint density at radius 3 is 2.15 bits per heavy atom. The Morgan fingerprint density at radius 1 is 0.846 bits per heavy atom. The summed E-state index contributed by atoms with van der Waals surface area (Å²) in [6.07, 6.45) is 15.6. The number of hydrogen-bond donors (Lipinski definition) is 2. The molecule has 0 heterocycles. The van der Waals surface area contributed by atoms with E-state index in [1.54, 1.807) is 0 Å². The van der Waals surface area contributed by atoms with Crippen molar-refractivity contribution in [2.75, 3.05) is 0 Å². The summed E-state index contributed by atoms with van der Waals surface area (Å²) in [7, 11) is 0. The average molecular weight is 709 g/mol. The number of allylic oxidation sites excluding steroid dienone is 5. The van der Waals surface area contributed by atoms with Crippen molar-refractivity contribution in [1.29, 1.82) is 0 Å². The van der Waals surface area contributed by atoms with Crippen molar-refractivity contribution >= 4 is 17.9 Å². The zero-order chi connectivity index (χ0) is 37.3. The predicted octanol–water partition coefficient (Wildman–Crippen LogP) is 10.2. The number of esters is 1. The summed E-state index contributed by atoms with van der Waals surface area (Å²) in [5, 5.41) is 19.4. The number of fused-ring (bicyclic) bond motifs is 7. The first-order chi connectivity index (χ1) is 24.4. The van der Waals surface area contributed by atoms with Gasteiger partial charge in [0.25, 0.3) is 0 Å². The van der Waals surface area contributed by atoms with E-state index in [1.807, 2.05) is 30.3 Å². The number of carboxylic acids is 2. The van der Waals surface area contributed by atoms with Crippen LogP contribution in [0.5, 0.6) is 0 Å². The third kappa shape index (κ3) is 4.57. The normalized spacial score (nSPS) is 41.7. The molecule has 8 rings (SSSR count). The number of carbonyl (C=O) groups is 3. The Bertz CT molecular complexity index is 1760. The molecule has 1 spiro atoms. The number of ether oxygens (including phenoxy) is 1. The molecule has 0 saturated heterocycles. The van der Waals surface area contributed by atoms with E-state index in [0.29, 0.717) is 30.3 Å². The van der Waals surface area contributed by atoms with E-state index in [2.05, 4.69) is 60.3 Å². The van der Waals surface area contributed by atoms with Gasteiger partial charge in [-0.2, -0.15) is 0 Å². The van der Waals surface area contributed by atoms with Crippen molar-refractivity contribution in [1.82, 2.24) is 0 Å². The maximum absolute atomic E-state index is 14.3. The second-order valence-electron chi connectivity index (χ2n) is 20.2. The summed E-state index contributed by atoms with van der Waals surface area (Å²) < 4.78 is 6.22. The second-order valence-corrected chi connectivity index (χ2v) is 20.2. The van der Waals surface area contributed by atoms with Gasteiger partial charge >= 0.3 is 17.9 Å². The quantitative estimate of drug-likeness (QED) is 0.166. The van der Waals surface area contributed by atoms with Crippen molar-refractivity contribution < 1.29 is 29.3 Å². The summed E-state index contributed by atoms with van der Waals surface area (Å²) in [6, 6.07) is 10.1. The fraction of sp³-hybridized carbons (Fsp3) is 0.674. The van der Waals surface area contributed by atoms with E-state index in [0.717, 1.165) is 50.5 Å². The zero-order valence-corrected chi connectivity index (χ0v) is 32.4. The lowest BCUT2D eigenvalue weighted by atomic mass is 9.32. The Labute approximate surface area is 310 Å². The lowest BCUT2D eigenvalue weighted by Gasteiger charge is -2.72. The van der Waals surface area contributed by atoms with E-state index in [1.165, 1.54) is 36.0 Å². The molecule has 52 heavy (non-hydrogen) atoms. The van der Waals surface area contributed by atoms with Crippen LogP contribution < -0.4 is 0 Å². The van der Waals surface area contributed by atoms with Crippen LogP contribution in [0.3, 0.4) is 0 Å². The lowest BCUT2D eigenvalue weighted by molar-refractivity contribution is -0.230. The first-order valence-corrected chi connectivity index (χ1v) is 20.2. The highest BCUT2D eigenvalue weighted by Crippen LogP contribution is 2.78. The van der Waals surface area contributed by atoms with Gasteiger partial charge in [-0.15, -0.1) is 0 Å². The highest BCUT2D eigenvalue weighted by atomic mass is 16.5. The van der Waals surface area contributed by atoms with E-state index < -0.39 is 22.8 Å². The van der Waals surface area contributed by atoms with Gasteiger partial charge in [-0.25, -0.2) is 0 Å². The van der Waals surface area contributed by atoms with Gasteiger partial charge in [0.2, 0.25) is 0 Å². The maximum Gasteiger partial charge on any atom is 0.321 e. The standard InChI is InChI=1S/C46H60O6/c1-28(2)31-15-20-45(39(51)52-25-29-11-9-8-10-12-29)22-21-42(6)33(36(31)45)13-14-35-41(5)18-16-32(40(3,4)34(41)17-19-43(35,42)7)30-23-44(24-30)26-46(27-44,37(47)48)38(49)50/h8-12,16,23,31,33-36H,1,13-15,17-22,24-27H2,2-7H3,(H,47,48)(H,49,50)/t31-,33+,34-,35+,36+,41-,42+,43+,45-/m0/s1. The number of benzene rings is 1. The van der Waals surface area contributed by atoms with Gasteiger partial charge in [0.1, 0.15) is 6.61 Å². The average Bonchev–Trinajstić information content (AvgIpc) is 3.45. The molecule has 5 saturated carbocycles. The van der Waals surface area contributed by atoms with Crippen molar-refractivity contribution in [3.05, 3.63) is 71.3 Å². The molecule has 0 bridgehead atoms. The van der Waals surface area contributed by atoms with Crippen LogP contribution in [0.2, 0.25) is 0 Å². The Balaban J connectivity index is 1.06. The van der Waals surface area contributed by atoms with Gasteiger partial charge < -0.3 is 14.9 Å². The molecule has 0 aromatic heterocycles. The number of carboxylic acid groups (broad SMARTS) is 2. The number of carbonyl (C=O) groups excluding carboxylic acids is 1. The van der Waals surface area contributed by atoms with Crippen LogP contribution in [-0.4, -0.2) is 28.1 Å². The molecule has 2 N–H and O–H groups in total. The number of rotatable bonds is 7. The molecule has 7 aliphatic carbocycles. The Morgan fingerprint density at radius 2 is 1.52 bits per heavy atom. The Kier molecular flexibility index (Phi) is 7.88. The van der Waals surface area contributed by atoms with E-state index in [-0.39, 0.29) is 51.8 Å². The third-order valence-corrected chi connectivity index (χ3v) is 17.8. The lowest BCUT2D eigenvalue weighted by Crippen LogP contribution is -2.66. The van der Waals surface area contributed by atoms with Crippen molar-refractivity contribution in [2.45, 2.75) is 125 Å².